The van der Waals surface area contributed by atoms with E-state index in [-0.39, 0.29) is 5.69 Å². The lowest BCUT2D eigenvalue weighted by molar-refractivity contribution is 0.00601. The Kier molecular flexibility index (Phi) is 3.80. The molecule has 1 aromatic heterocycles. The molecule has 110 valence electrons. The summed E-state index contributed by atoms with van der Waals surface area (Å²) in [5.41, 5.74) is -0.561. The molecule has 21 heavy (non-hydrogen) atoms. The first kappa shape index (κ1) is 14.8. The number of carbonyl (C=O) groups is 1. The van der Waals surface area contributed by atoms with Crippen molar-refractivity contribution in [1.29, 1.82) is 0 Å². The number of aromatic nitrogens is 2. The molecule has 0 bridgehead atoms. The second-order valence-electron chi connectivity index (χ2n) is 5.54. The van der Waals surface area contributed by atoms with Gasteiger partial charge in [-0.15, -0.1) is 0 Å². The van der Waals surface area contributed by atoms with Crippen molar-refractivity contribution in [3.05, 3.63) is 52.6 Å². The normalized spacial score (nSPS) is 11.2. The van der Waals surface area contributed by atoms with Gasteiger partial charge in [0.05, 0.1) is 11.9 Å². The van der Waals surface area contributed by atoms with Crippen LogP contribution >= 0.6 is 0 Å². The molecular formula is C15H17N3O3. The standard InChI is InChI=1S/C15H17N3O3/c1-15(2,3)21-14(20)12-13(19)18(16)11(9-17-12)10-7-5-4-6-8-10/h4-9H,16H2,1-3H3. The van der Waals surface area contributed by atoms with E-state index in [4.69, 9.17) is 10.6 Å². The summed E-state index contributed by atoms with van der Waals surface area (Å²) in [6.07, 6.45) is 1.38. The molecule has 0 fully saturated rings. The Hall–Kier alpha value is -2.63. The second-order valence-corrected chi connectivity index (χ2v) is 5.54. The monoisotopic (exact) mass is 287 g/mol. The molecule has 2 rings (SSSR count). The number of nitrogens with zero attached hydrogens (tertiary/aromatic N) is 2. The molecule has 0 unspecified atom stereocenters. The number of nitrogens with two attached hydrogens (primary N) is 1. The van der Waals surface area contributed by atoms with Crippen molar-refractivity contribution in [2.45, 2.75) is 26.4 Å². The Labute approximate surface area is 122 Å². The zero-order chi connectivity index (χ0) is 15.6. The summed E-state index contributed by atoms with van der Waals surface area (Å²) in [5.74, 6) is 4.99. The molecule has 0 aliphatic carbocycles. The molecule has 0 saturated carbocycles. The number of hydrogen-bond acceptors (Lipinski definition) is 5. The molecule has 6 nitrogen and oxygen atoms in total. The van der Waals surface area contributed by atoms with Crippen molar-refractivity contribution in [2.24, 2.45) is 0 Å². The van der Waals surface area contributed by atoms with Crippen LogP contribution in [-0.4, -0.2) is 21.2 Å². The third-order valence-corrected chi connectivity index (χ3v) is 2.66. The minimum atomic E-state index is -0.786. The van der Waals surface area contributed by atoms with Crippen LogP contribution in [0.25, 0.3) is 11.3 Å². The topological polar surface area (TPSA) is 87.2 Å². The third-order valence-electron chi connectivity index (χ3n) is 2.66. The van der Waals surface area contributed by atoms with Gasteiger partial charge in [0.2, 0.25) is 5.69 Å². The van der Waals surface area contributed by atoms with Crippen molar-refractivity contribution in [3.63, 3.8) is 0 Å². The van der Waals surface area contributed by atoms with Crippen molar-refractivity contribution in [2.75, 3.05) is 5.84 Å². The lowest BCUT2D eigenvalue weighted by Crippen LogP contribution is -2.36. The van der Waals surface area contributed by atoms with Crippen molar-refractivity contribution in [1.82, 2.24) is 9.66 Å². The lowest BCUT2D eigenvalue weighted by Gasteiger charge is -2.19. The van der Waals surface area contributed by atoms with Gasteiger partial charge in [-0.25, -0.2) is 14.5 Å². The maximum atomic E-state index is 12.2. The number of esters is 1. The second kappa shape index (κ2) is 5.40. The fourth-order valence-corrected chi connectivity index (χ4v) is 1.76. The largest absolute Gasteiger partial charge is 0.455 e. The number of rotatable bonds is 2. The third kappa shape index (κ3) is 3.28. The summed E-state index contributed by atoms with van der Waals surface area (Å²) in [6, 6.07) is 9.09. The molecule has 0 aliphatic heterocycles. The Balaban J connectivity index is 2.44. The predicted octanol–water partition coefficient (Wildman–Crippen LogP) is 1.58. The van der Waals surface area contributed by atoms with Crippen LogP contribution in [0.15, 0.2) is 41.3 Å². The minimum Gasteiger partial charge on any atom is -0.455 e. The Morgan fingerprint density at radius 2 is 1.86 bits per heavy atom. The number of benzene rings is 1. The summed E-state index contributed by atoms with van der Waals surface area (Å²) in [6.45, 7) is 5.14. The van der Waals surface area contributed by atoms with E-state index in [1.807, 2.05) is 18.2 Å². The first-order valence-corrected chi connectivity index (χ1v) is 6.45. The average molecular weight is 287 g/mol. The first-order chi connectivity index (χ1) is 9.79. The van der Waals surface area contributed by atoms with Crippen LogP contribution < -0.4 is 11.4 Å². The fraction of sp³-hybridized carbons (Fsp3) is 0.267. The molecular weight excluding hydrogens is 270 g/mol. The Bertz CT molecular complexity index is 715. The van der Waals surface area contributed by atoms with Crippen LogP contribution in [0, 0.1) is 0 Å². The van der Waals surface area contributed by atoms with Gasteiger partial charge in [0, 0.05) is 5.56 Å². The predicted molar refractivity (Wildman–Crippen MR) is 79.3 cm³/mol. The van der Waals surface area contributed by atoms with Gasteiger partial charge < -0.3 is 10.6 Å². The van der Waals surface area contributed by atoms with E-state index < -0.39 is 17.1 Å². The molecule has 1 heterocycles. The van der Waals surface area contributed by atoms with Gasteiger partial charge in [-0.05, 0) is 20.8 Å². The number of carbonyl (C=O) groups excluding carboxylic acids is 1. The molecule has 0 saturated heterocycles. The van der Waals surface area contributed by atoms with E-state index in [1.165, 1.54) is 6.20 Å². The highest BCUT2D eigenvalue weighted by molar-refractivity contribution is 5.87. The average Bonchev–Trinajstić information content (AvgIpc) is 2.40. The zero-order valence-corrected chi connectivity index (χ0v) is 12.2. The molecule has 2 aromatic rings. The summed E-state index contributed by atoms with van der Waals surface area (Å²) >= 11 is 0. The van der Waals surface area contributed by atoms with E-state index >= 15 is 0 Å². The summed E-state index contributed by atoms with van der Waals surface area (Å²) in [7, 11) is 0. The molecule has 2 N–H and O–H groups in total. The van der Waals surface area contributed by atoms with Crippen molar-refractivity contribution < 1.29 is 9.53 Å². The molecule has 0 spiro atoms. The first-order valence-electron chi connectivity index (χ1n) is 6.45. The zero-order valence-electron chi connectivity index (χ0n) is 12.2. The van der Waals surface area contributed by atoms with Gasteiger partial charge in [-0.1, -0.05) is 30.3 Å². The molecule has 1 aromatic carbocycles. The number of hydrogen-bond donors (Lipinski definition) is 1. The molecule has 0 radical (unpaired) electrons. The van der Waals surface area contributed by atoms with Crippen LogP contribution in [-0.2, 0) is 4.74 Å². The van der Waals surface area contributed by atoms with E-state index in [2.05, 4.69) is 4.98 Å². The van der Waals surface area contributed by atoms with Crippen LogP contribution in [0.3, 0.4) is 0 Å². The van der Waals surface area contributed by atoms with Crippen molar-refractivity contribution >= 4 is 5.97 Å². The highest BCUT2D eigenvalue weighted by atomic mass is 16.6. The summed E-state index contributed by atoms with van der Waals surface area (Å²) < 4.78 is 6.04. The van der Waals surface area contributed by atoms with E-state index in [0.29, 0.717) is 5.69 Å². The lowest BCUT2D eigenvalue weighted by atomic mass is 10.1. The maximum absolute atomic E-state index is 12.2. The SMILES string of the molecule is CC(C)(C)OC(=O)c1ncc(-c2ccccc2)n(N)c1=O. The van der Waals surface area contributed by atoms with Crippen molar-refractivity contribution in [3.8, 4) is 11.3 Å². The smallest absolute Gasteiger partial charge is 0.363 e. The summed E-state index contributed by atoms with van der Waals surface area (Å²) in [5, 5.41) is 0. The maximum Gasteiger partial charge on any atom is 0.363 e. The number of ether oxygens (including phenoxy) is 1. The van der Waals surface area contributed by atoms with E-state index in [0.717, 1.165) is 10.2 Å². The minimum absolute atomic E-state index is 0.327. The van der Waals surface area contributed by atoms with Gasteiger partial charge in [0.25, 0.3) is 0 Å². The quantitative estimate of drug-likeness (QED) is 0.669. The van der Waals surface area contributed by atoms with Crippen LogP contribution in [0.2, 0.25) is 0 Å². The fourth-order valence-electron chi connectivity index (χ4n) is 1.76. The highest BCUT2D eigenvalue weighted by Gasteiger charge is 2.23. The molecule has 0 atom stereocenters. The van der Waals surface area contributed by atoms with Gasteiger partial charge >= 0.3 is 11.5 Å². The van der Waals surface area contributed by atoms with Crippen LogP contribution in [0.4, 0.5) is 0 Å². The number of nitrogen functional groups attached to an aromatic ring is 1. The van der Waals surface area contributed by atoms with Gasteiger partial charge in [0.15, 0.2) is 0 Å². The Morgan fingerprint density at radius 1 is 1.24 bits per heavy atom. The summed E-state index contributed by atoms with van der Waals surface area (Å²) in [4.78, 5) is 28.0. The molecule has 0 aliphatic rings. The van der Waals surface area contributed by atoms with Gasteiger partial charge in [-0.3, -0.25) is 4.79 Å². The highest BCUT2D eigenvalue weighted by Crippen LogP contribution is 2.15. The van der Waals surface area contributed by atoms with Crippen LogP contribution in [0.5, 0.6) is 0 Å². The van der Waals surface area contributed by atoms with E-state index in [9.17, 15) is 9.59 Å². The van der Waals surface area contributed by atoms with Gasteiger partial charge in [0.1, 0.15) is 5.60 Å². The van der Waals surface area contributed by atoms with Crippen LogP contribution in [0.1, 0.15) is 31.3 Å². The Morgan fingerprint density at radius 3 is 2.43 bits per heavy atom. The van der Waals surface area contributed by atoms with Gasteiger partial charge in [-0.2, -0.15) is 0 Å². The molecule has 6 heteroatoms. The molecule has 0 amide bonds. The van der Waals surface area contributed by atoms with E-state index in [1.54, 1.807) is 32.9 Å².